The lowest BCUT2D eigenvalue weighted by Crippen LogP contribution is -2.26. The lowest BCUT2D eigenvalue weighted by molar-refractivity contribution is 0.373. The normalized spacial score (nSPS) is 17.0. The topological polar surface area (TPSA) is 68.2 Å². The number of ether oxygens (including phenoxy) is 2. The van der Waals surface area contributed by atoms with E-state index in [1.807, 2.05) is 0 Å². The average molecular weight is 413 g/mol. The minimum absolute atomic E-state index is 0.0265. The molecule has 0 unspecified atom stereocenters. The summed E-state index contributed by atoms with van der Waals surface area (Å²) in [4.78, 5) is 0. The molecule has 0 saturated carbocycles. The number of hydrogen-bond acceptors (Lipinski definition) is 5. The third kappa shape index (κ3) is 4.01. The van der Waals surface area contributed by atoms with Crippen molar-refractivity contribution >= 4 is 27.3 Å². The fourth-order valence-electron chi connectivity index (χ4n) is 2.91. The van der Waals surface area contributed by atoms with E-state index < -0.39 is 21.9 Å². The molecule has 144 valence electrons. The maximum Gasteiger partial charge on any atom is 0.247 e. The summed E-state index contributed by atoms with van der Waals surface area (Å²) in [5.41, 5.74) is 1.66. The van der Waals surface area contributed by atoms with Crippen molar-refractivity contribution < 1.29 is 22.3 Å². The molecule has 2 aromatic rings. The van der Waals surface area contributed by atoms with E-state index in [0.717, 1.165) is 10.7 Å². The largest absolute Gasteiger partial charge is 0.497 e. The first-order valence-electron chi connectivity index (χ1n) is 7.98. The van der Waals surface area contributed by atoms with E-state index in [1.54, 1.807) is 24.3 Å². The Balaban J connectivity index is 2.05. The van der Waals surface area contributed by atoms with Gasteiger partial charge < -0.3 is 9.47 Å². The monoisotopic (exact) mass is 412 g/mol. The van der Waals surface area contributed by atoms with Crippen LogP contribution in [0.4, 0.5) is 4.39 Å². The molecule has 0 bridgehead atoms. The summed E-state index contributed by atoms with van der Waals surface area (Å²) in [7, 11) is -0.617. The third-order valence-corrected chi connectivity index (χ3v) is 5.55. The van der Waals surface area contributed by atoms with Gasteiger partial charge in [-0.25, -0.2) is 12.8 Å². The summed E-state index contributed by atoms with van der Waals surface area (Å²) in [6.45, 7) is 0. The lowest BCUT2D eigenvalue weighted by atomic mass is 9.99. The van der Waals surface area contributed by atoms with E-state index in [1.165, 1.54) is 26.4 Å². The lowest BCUT2D eigenvalue weighted by Gasteiger charge is -2.21. The van der Waals surface area contributed by atoms with E-state index in [-0.39, 0.29) is 11.4 Å². The number of hydrazone groups is 1. The van der Waals surface area contributed by atoms with Gasteiger partial charge in [0, 0.05) is 18.1 Å². The first-order chi connectivity index (χ1) is 12.7. The molecule has 2 aromatic carbocycles. The molecule has 1 heterocycles. The van der Waals surface area contributed by atoms with Crippen molar-refractivity contribution in [2.75, 3.05) is 20.5 Å². The smallest absolute Gasteiger partial charge is 0.247 e. The number of halogens is 2. The van der Waals surface area contributed by atoms with Crippen LogP contribution < -0.4 is 9.47 Å². The fourth-order valence-corrected chi connectivity index (χ4v) is 3.93. The van der Waals surface area contributed by atoms with Gasteiger partial charge in [0.05, 0.1) is 37.3 Å². The van der Waals surface area contributed by atoms with Crippen LogP contribution in [-0.4, -0.2) is 39.0 Å². The molecule has 0 radical (unpaired) electrons. The highest BCUT2D eigenvalue weighted by atomic mass is 35.5. The van der Waals surface area contributed by atoms with E-state index in [4.69, 9.17) is 21.1 Å². The molecule has 9 heteroatoms. The number of benzene rings is 2. The molecule has 0 aliphatic carbocycles. The fraction of sp³-hybridized carbons (Fsp3) is 0.278. The molecule has 6 nitrogen and oxygen atoms in total. The van der Waals surface area contributed by atoms with Crippen LogP contribution in [0.3, 0.4) is 0 Å². The van der Waals surface area contributed by atoms with Crippen LogP contribution in [0.5, 0.6) is 11.5 Å². The first-order valence-corrected chi connectivity index (χ1v) is 10.2. The molecule has 1 aliphatic rings. The Morgan fingerprint density at radius 1 is 1.15 bits per heavy atom. The Hall–Kier alpha value is -2.32. The Bertz CT molecular complexity index is 988. The van der Waals surface area contributed by atoms with Crippen LogP contribution in [0.1, 0.15) is 23.6 Å². The predicted octanol–water partition coefficient (Wildman–Crippen LogP) is 3.61. The van der Waals surface area contributed by atoms with Gasteiger partial charge in [-0.1, -0.05) is 17.7 Å². The van der Waals surface area contributed by atoms with Crippen molar-refractivity contribution in [3.63, 3.8) is 0 Å². The number of nitrogens with zero attached hydrogens (tertiary/aromatic N) is 2. The maximum absolute atomic E-state index is 13.9. The standard InChI is InChI=1S/C18H18ClFN2O4S/c1-25-13-6-12(7-14(9-13)26-2)17-10-18(22(21-17)27(3,23)24)11-4-5-15(19)16(20)8-11/h4-9,18H,10H2,1-3H3/t18-/m0/s1. The van der Waals surface area contributed by atoms with Crippen molar-refractivity contribution in [2.45, 2.75) is 12.5 Å². The van der Waals surface area contributed by atoms with Crippen molar-refractivity contribution in [1.29, 1.82) is 0 Å². The summed E-state index contributed by atoms with van der Waals surface area (Å²) in [5.74, 6) is 0.497. The van der Waals surface area contributed by atoms with Crippen LogP contribution in [-0.2, 0) is 10.0 Å². The molecule has 0 aromatic heterocycles. The summed E-state index contributed by atoms with van der Waals surface area (Å²) in [6.07, 6.45) is 1.33. The molecule has 0 fully saturated rings. The number of hydrogen-bond donors (Lipinski definition) is 0. The van der Waals surface area contributed by atoms with Crippen molar-refractivity contribution in [1.82, 2.24) is 4.41 Å². The highest BCUT2D eigenvalue weighted by Crippen LogP contribution is 2.37. The molecule has 0 saturated heterocycles. The highest BCUT2D eigenvalue weighted by molar-refractivity contribution is 7.88. The zero-order chi connectivity index (χ0) is 19.8. The molecule has 0 spiro atoms. The Morgan fingerprint density at radius 2 is 1.78 bits per heavy atom. The van der Waals surface area contributed by atoms with Crippen molar-refractivity contribution in [2.24, 2.45) is 5.10 Å². The summed E-state index contributed by atoms with van der Waals surface area (Å²) < 4.78 is 49.9. The zero-order valence-electron chi connectivity index (χ0n) is 14.9. The molecule has 1 aliphatic heterocycles. The Kier molecular flexibility index (Phi) is 5.30. The highest BCUT2D eigenvalue weighted by Gasteiger charge is 2.35. The zero-order valence-corrected chi connectivity index (χ0v) is 16.5. The SMILES string of the molecule is COc1cc(OC)cc(C2=NN(S(C)(=O)=O)[C@H](c3ccc(Cl)c(F)c3)C2)c1. The number of rotatable bonds is 5. The van der Waals surface area contributed by atoms with Gasteiger partial charge in [-0.15, -0.1) is 0 Å². The van der Waals surface area contributed by atoms with Gasteiger partial charge in [0.2, 0.25) is 10.0 Å². The van der Waals surface area contributed by atoms with Gasteiger partial charge in [-0.3, -0.25) is 0 Å². The molecule has 0 amide bonds. The minimum atomic E-state index is -3.67. The van der Waals surface area contributed by atoms with Crippen molar-refractivity contribution in [3.8, 4) is 11.5 Å². The summed E-state index contributed by atoms with van der Waals surface area (Å²) in [5, 5.41) is 4.26. The van der Waals surface area contributed by atoms with Crippen LogP contribution in [0.25, 0.3) is 0 Å². The second kappa shape index (κ2) is 7.36. The predicted molar refractivity (Wildman–Crippen MR) is 102 cm³/mol. The van der Waals surface area contributed by atoms with Gasteiger partial charge in [0.15, 0.2) is 0 Å². The summed E-state index contributed by atoms with van der Waals surface area (Å²) >= 11 is 5.74. The van der Waals surface area contributed by atoms with Crippen LogP contribution >= 0.6 is 11.6 Å². The van der Waals surface area contributed by atoms with E-state index >= 15 is 0 Å². The first kappa shape index (κ1) is 19.4. The van der Waals surface area contributed by atoms with Gasteiger partial charge in [-0.05, 0) is 29.8 Å². The Labute approximate surface area is 162 Å². The number of sulfonamides is 1. The molecular formula is C18H18ClFN2O4S. The molecule has 1 atom stereocenters. The summed E-state index contributed by atoms with van der Waals surface area (Å²) in [6, 6.07) is 8.76. The maximum atomic E-state index is 13.9. The third-order valence-electron chi connectivity index (χ3n) is 4.23. The van der Waals surface area contributed by atoms with Crippen LogP contribution in [0.2, 0.25) is 5.02 Å². The van der Waals surface area contributed by atoms with E-state index in [2.05, 4.69) is 5.10 Å². The van der Waals surface area contributed by atoms with E-state index in [0.29, 0.717) is 28.3 Å². The van der Waals surface area contributed by atoms with E-state index in [9.17, 15) is 12.8 Å². The van der Waals surface area contributed by atoms with Crippen LogP contribution in [0.15, 0.2) is 41.5 Å². The van der Waals surface area contributed by atoms with Gasteiger partial charge in [0.1, 0.15) is 17.3 Å². The molecule has 27 heavy (non-hydrogen) atoms. The van der Waals surface area contributed by atoms with Gasteiger partial charge in [-0.2, -0.15) is 9.52 Å². The quantitative estimate of drug-likeness (QED) is 0.752. The second-order valence-corrected chi connectivity index (χ2v) is 8.32. The minimum Gasteiger partial charge on any atom is -0.497 e. The number of methoxy groups -OCH3 is 2. The van der Waals surface area contributed by atoms with Gasteiger partial charge in [0.25, 0.3) is 0 Å². The average Bonchev–Trinajstić information content (AvgIpc) is 3.09. The van der Waals surface area contributed by atoms with Crippen LogP contribution in [0, 0.1) is 5.82 Å². The van der Waals surface area contributed by atoms with Crippen molar-refractivity contribution in [3.05, 3.63) is 58.4 Å². The molecular weight excluding hydrogens is 395 g/mol. The van der Waals surface area contributed by atoms with Gasteiger partial charge >= 0.3 is 0 Å². The molecule has 3 rings (SSSR count). The molecule has 0 N–H and O–H groups in total. The second-order valence-electron chi connectivity index (χ2n) is 6.08. The Morgan fingerprint density at radius 3 is 2.30 bits per heavy atom.